The molecule has 0 aliphatic heterocycles. The fraction of sp³-hybridized carbons (Fsp3) is 0.118. The Morgan fingerprint density at radius 1 is 1.17 bits per heavy atom. The summed E-state index contributed by atoms with van der Waals surface area (Å²) in [6.45, 7) is 1.88. The molecule has 2 aromatic heterocycles. The third-order valence-electron chi connectivity index (χ3n) is 3.41. The number of benzene rings is 1. The lowest BCUT2D eigenvalue weighted by molar-refractivity contribution is 0.0600. The van der Waals surface area contributed by atoms with E-state index < -0.39 is 5.97 Å². The second-order valence-electron chi connectivity index (χ2n) is 5.06. The van der Waals surface area contributed by atoms with Crippen molar-refractivity contribution in [3.8, 4) is 0 Å². The Hall–Kier alpha value is -3.15. The van der Waals surface area contributed by atoms with Gasteiger partial charge in [-0.3, -0.25) is 4.79 Å². The zero-order valence-electron chi connectivity index (χ0n) is 12.7. The first-order chi connectivity index (χ1) is 11.1. The highest BCUT2D eigenvalue weighted by Crippen LogP contribution is 2.15. The van der Waals surface area contributed by atoms with Crippen LogP contribution in [0.5, 0.6) is 0 Å². The number of pyridine rings is 1. The average molecular weight is 309 g/mol. The number of esters is 1. The SMILES string of the molecule is COC(=O)c1ccc(NC(=O)c2cccn3cc(C)nc23)cc1. The van der Waals surface area contributed by atoms with Crippen molar-refractivity contribution in [1.29, 1.82) is 0 Å². The minimum absolute atomic E-state index is 0.257. The minimum Gasteiger partial charge on any atom is -0.465 e. The zero-order valence-corrected chi connectivity index (χ0v) is 12.7. The second-order valence-corrected chi connectivity index (χ2v) is 5.06. The van der Waals surface area contributed by atoms with E-state index in [2.05, 4.69) is 15.0 Å². The summed E-state index contributed by atoms with van der Waals surface area (Å²) in [5, 5.41) is 2.80. The van der Waals surface area contributed by atoms with Crippen molar-refractivity contribution < 1.29 is 14.3 Å². The third kappa shape index (κ3) is 2.91. The molecular weight excluding hydrogens is 294 g/mol. The first-order valence-electron chi connectivity index (χ1n) is 7.02. The van der Waals surface area contributed by atoms with E-state index in [4.69, 9.17) is 0 Å². The predicted octanol–water partition coefficient (Wildman–Crippen LogP) is 2.68. The van der Waals surface area contributed by atoms with Crippen LogP contribution in [0.2, 0.25) is 0 Å². The van der Waals surface area contributed by atoms with E-state index in [1.54, 1.807) is 36.4 Å². The Balaban J connectivity index is 1.84. The number of anilines is 1. The van der Waals surface area contributed by atoms with Crippen molar-refractivity contribution in [2.24, 2.45) is 0 Å². The topological polar surface area (TPSA) is 72.7 Å². The lowest BCUT2D eigenvalue weighted by Gasteiger charge is -2.07. The number of carbonyl (C=O) groups is 2. The molecule has 0 aliphatic carbocycles. The number of methoxy groups -OCH3 is 1. The molecule has 3 rings (SSSR count). The van der Waals surface area contributed by atoms with Gasteiger partial charge in [0.05, 0.1) is 23.9 Å². The largest absolute Gasteiger partial charge is 0.465 e. The number of nitrogens with one attached hydrogen (secondary N) is 1. The van der Waals surface area contributed by atoms with Gasteiger partial charge in [0.15, 0.2) is 0 Å². The summed E-state index contributed by atoms with van der Waals surface area (Å²) in [7, 11) is 1.32. The number of hydrogen-bond acceptors (Lipinski definition) is 4. The molecule has 0 fully saturated rings. The molecule has 0 atom stereocenters. The van der Waals surface area contributed by atoms with Crippen LogP contribution in [-0.4, -0.2) is 28.4 Å². The van der Waals surface area contributed by atoms with Crippen molar-refractivity contribution in [1.82, 2.24) is 9.38 Å². The standard InChI is InChI=1S/C17H15N3O3/c1-11-10-20-9-3-4-14(15(20)18-11)16(21)19-13-7-5-12(6-8-13)17(22)23-2/h3-10H,1-2H3,(H,19,21). The number of amides is 1. The Kier molecular flexibility index (Phi) is 3.80. The lowest BCUT2D eigenvalue weighted by Crippen LogP contribution is -2.13. The van der Waals surface area contributed by atoms with Gasteiger partial charge >= 0.3 is 5.97 Å². The van der Waals surface area contributed by atoms with Crippen molar-refractivity contribution in [2.75, 3.05) is 12.4 Å². The smallest absolute Gasteiger partial charge is 0.337 e. The number of carbonyl (C=O) groups excluding carboxylic acids is 2. The van der Waals surface area contributed by atoms with Gasteiger partial charge in [-0.1, -0.05) is 0 Å². The highest BCUT2D eigenvalue weighted by atomic mass is 16.5. The Bertz CT molecular complexity index is 882. The molecule has 3 aromatic rings. The number of aryl methyl sites for hydroxylation is 1. The number of imidazole rings is 1. The molecular formula is C17H15N3O3. The molecule has 2 heterocycles. The van der Waals surface area contributed by atoms with Crippen molar-refractivity contribution in [2.45, 2.75) is 6.92 Å². The van der Waals surface area contributed by atoms with E-state index in [9.17, 15) is 9.59 Å². The van der Waals surface area contributed by atoms with Crippen LogP contribution in [0.25, 0.3) is 5.65 Å². The number of aromatic nitrogens is 2. The number of hydrogen-bond donors (Lipinski definition) is 1. The highest BCUT2D eigenvalue weighted by molar-refractivity contribution is 6.08. The number of ether oxygens (including phenoxy) is 1. The Labute approximate surface area is 132 Å². The monoisotopic (exact) mass is 309 g/mol. The van der Waals surface area contributed by atoms with Gasteiger partial charge in [0.25, 0.3) is 5.91 Å². The Morgan fingerprint density at radius 2 is 1.91 bits per heavy atom. The maximum Gasteiger partial charge on any atom is 0.337 e. The van der Waals surface area contributed by atoms with Crippen molar-refractivity contribution >= 4 is 23.2 Å². The second kappa shape index (κ2) is 5.92. The van der Waals surface area contributed by atoms with Crippen molar-refractivity contribution in [3.63, 3.8) is 0 Å². The van der Waals surface area contributed by atoms with E-state index >= 15 is 0 Å². The molecule has 0 radical (unpaired) electrons. The Morgan fingerprint density at radius 3 is 2.61 bits per heavy atom. The number of nitrogens with zero attached hydrogens (tertiary/aromatic N) is 2. The molecule has 1 amide bonds. The third-order valence-corrected chi connectivity index (χ3v) is 3.41. The number of fused-ring (bicyclic) bond motifs is 1. The van der Waals surface area contributed by atoms with Crippen LogP contribution in [0, 0.1) is 6.92 Å². The maximum atomic E-state index is 12.5. The van der Waals surface area contributed by atoms with Crippen LogP contribution in [0.3, 0.4) is 0 Å². The van der Waals surface area contributed by atoms with E-state index in [0.29, 0.717) is 22.5 Å². The summed E-state index contributed by atoms with van der Waals surface area (Å²) in [6.07, 6.45) is 3.70. The van der Waals surface area contributed by atoms with E-state index in [1.807, 2.05) is 23.7 Å². The summed E-state index contributed by atoms with van der Waals surface area (Å²) < 4.78 is 6.45. The highest BCUT2D eigenvalue weighted by Gasteiger charge is 2.13. The van der Waals surface area contributed by atoms with Crippen molar-refractivity contribution in [3.05, 3.63) is 65.6 Å². The predicted molar refractivity (Wildman–Crippen MR) is 85.7 cm³/mol. The summed E-state index contributed by atoms with van der Waals surface area (Å²) in [5.41, 5.74) is 2.95. The van der Waals surface area contributed by atoms with Crippen LogP contribution in [0.1, 0.15) is 26.4 Å². The first-order valence-corrected chi connectivity index (χ1v) is 7.02. The van der Waals surface area contributed by atoms with Gasteiger partial charge in [-0.2, -0.15) is 0 Å². The fourth-order valence-electron chi connectivity index (χ4n) is 2.32. The van der Waals surface area contributed by atoms with Crippen LogP contribution < -0.4 is 5.32 Å². The fourth-order valence-corrected chi connectivity index (χ4v) is 2.32. The van der Waals surface area contributed by atoms with E-state index in [-0.39, 0.29) is 5.91 Å². The first kappa shape index (κ1) is 14.8. The van der Waals surface area contributed by atoms with Gasteiger partial charge in [-0.25, -0.2) is 9.78 Å². The molecule has 0 spiro atoms. The van der Waals surface area contributed by atoms with Gasteiger partial charge in [-0.05, 0) is 43.3 Å². The van der Waals surface area contributed by atoms with Gasteiger partial charge < -0.3 is 14.5 Å². The molecule has 0 unspecified atom stereocenters. The summed E-state index contributed by atoms with van der Waals surface area (Å²) >= 11 is 0. The lowest BCUT2D eigenvalue weighted by atomic mass is 10.2. The molecule has 23 heavy (non-hydrogen) atoms. The molecule has 1 N–H and O–H groups in total. The normalized spacial score (nSPS) is 10.5. The van der Waals surface area contributed by atoms with E-state index in [0.717, 1.165) is 5.69 Å². The molecule has 0 saturated heterocycles. The average Bonchev–Trinajstić information content (AvgIpc) is 2.94. The van der Waals surface area contributed by atoms with Crippen LogP contribution >= 0.6 is 0 Å². The molecule has 116 valence electrons. The summed E-state index contributed by atoms with van der Waals surface area (Å²) in [5.74, 6) is -0.674. The molecule has 6 heteroatoms. The molecule has 0 saturated carbocycles. The number of rotatable bonds is 3. The van der Waals surface area contributed by atoms with Crippen LogP contribution in [0.15, 0.2) is 48.8 Å². The van der Waals surface area contributed by atoms with Crippen LogP contribution in [-0.2, 0) is 4.74 Å². The zero-order chi connectivity index (χ0) is 16.4. The van der Waals surface area contributed by atoms with Gasteiger partial charge in [0.1, 0.15) is 5.65 Å². The molecule has 1 aromatic carbocycles. The van der Waals surface area contributed by atoms with Crippen LogP contribution in [0.4, 0.5) is 5.69 Å². The quantitative estimate of drug-likeness (QED) is 0.755. The van der Waals surface area contributed by atoms with Gasteiger partial charge in [0.2, 0.25) is 0 Å². The van der Waals surface area contributed by atoms with E-state index in [1.165, 1.54) is 7.11 Å². The summed E-state index contributed by atoms with van der Waals surface area (Å²) in [6, 6.07) is 10.0. The minimum atomic E-state index is -0.416. The van der Waals surface area contributed by atoms with Gasteiger partial charge in [-0.15, -0.1) is 0 Å². The molecule has 0 bridgehead atoms. The maximum absolute atomic E-state index is 12.5. The molecule has 0 aliphatic rings. The summed E-state index contributed by atoms with van der Waals surface area (Å²) in [4.78, 5) is 28.2. The van der Waals surface area contributed by atoms with Gasteiger partial charge in [0, 0.05) is 18.1 Å². The molecule has 6 nitrogen and oxygen atoms in total.